The number of amides is 2. The van der Waals surface area contributed by atoms with Crippen LogP contribution in [0.1, 0.15) is 24.1 Å². The first-order valence-corrected chi connectivity index (χ1v) is 11.6. The fourth-order valence-corrected chi connectivity index (χ4v) is 4.59. The largest absolute Gasteiger partial charge is 0.492 e. The van der Waals surface area contributed by atoms with E-state index < -0.39 is 0 Å². The number of likely N-dealkylation sites (N-methyl/N-ethyl adjacent to an activating group) is 2. The Bertz CT molecular complexity index is 926. The molecule has 7 heteroatoms. The zero-order valence-corrected chi connectivity index (χ0v) is 19.4. The third-order valence-electron chi connectivity index (χ3n) is 6.49. The van der Waals surface area contributed by atoms with Crippen molar-refractivity contribution in [2.24, 2.45) is 0 Å². The number of piperazine rings is 1. The van der Waals surface area contributed by atoms with E-state index in [9.17, 15) is 4.79 Å². The first kappa shape index (κ1) is 22.4. The van der Waals surface area contributed by atoms with Gasteiger partial charge >= 0.3 is 6.03 Å². The number of fused-ring (bicyclic) bond motifs is 1. The van der Waals surface area contributed by atoms with Crippen LogP contribution in [-0.4, -0.2) is 75.8 Å². The van der Waals surface area contributed by atoms with Crippen molar-refractivity contribution in [2.75, 3.05) is 70.2 Å². The molecule has 32 heavy (non-hydrogen) atoms. The SMILES string of the molecule is CCOc1ccccc1NC(=O)NCC(c1ccc2c(c1)CCN2C)N1CCN(C)CC1. The number of urea groups is 1. The van der Waals surface area contributed by atoms with Crippen molar-refractivity contribution < 1.29 is 9.53 Å². The Morgan fingerprint density at radius 2 is 1.84 bits per heavy atom. The number of anilines is 2. The maximum absolute atomic E-state index is 12.8. The van der Waals surface area contributed by atoms with Crippen molar-refractivity contribution in [3.63, 3.8) is 0 Å². The van der Waals surface area contributed by atoms with Crippen LogP contribution in [0.5, 0.6) is 5.75 Å². The number of hydrogen-bond acceptors (Lipinski definition) is 5. The van der Waals surface area contributed by atoms with Crippen LogP contribution in [0.25, 0.3) is 0 Å². The van der Waals surface area contributed by atoms with Crippen LogP contribution in [0.2, 0.25) is 0 Å². The second-order valence-electron chi connectivity index (χ2n) is 8.68. The Hall–Kier alpha value is -2.77. The first-order chi connectivity index (χ1) is 15.5. The number of nitrogens with one attached hydrogen (secondary N) is 2. The third-order valence-corrected chi connectivity index (χ3v) is 6.49. The molecule has 0 radical (unpaired) electrons. The monoisotopic (exact) mass is 437 g/mol. The van der Waals surface area contributed by atoms with E-state index in [0.717, 1.165) is 39.1 Å². The van der Waals surface area contributed by atoms with Crippen molar-refractivity contribution in [3.8, 4) is 5.75 Å². The Kier molecular flexibility index (Phi) is 7.17. The standard InChI is InChI=1S/C25H35N5O2/c1-4-32-24-8-6-5-7-21(24)27-25(31)26-18-23(30-15-13-28(2)14-16-30)19-9-10-22-20(17-19)11-12-29(22)3/h5-10,17,23H,4,11-16,18H2,1-3H3,(H2,26,27,31). The number of para-hydroxylation sites is 2. The van der Waals surface area contributed by atoms with Gasteiger partial charge in [0.2, 0.25) is 0 Å². The van der Waals surface area contributed by atoms with Gasteiger partial charge in [-0.25, -0.2) is 4.79 Å². The molecule has 2 amide bonds. The van der Waals surface area contributed by atoms with Crippen LogP contribution in [-0.2, 0) is 6.42 Å². The van der Waals surface area contributed by atoms with Crippen LogP contribution < -0.4 is 20.3 Å². The van der Waals surface area contributed by atoms with Gasteiger partial charge in [0.25, 0.3) is 0 Å². The lowest BCUT2D eigenvalue weighted by atomic mass is 10.00. The molecule has 4 rings (SSSR count). The van der Waals surface area contributed by atoms with Crippen LogP contribution >= 0.6 is 0 Å². The molecular weight excluding hydrogens is 402 g/mol. The molecule has 0 bridgehead atoms. The summed E-state index contributed by atoms with van der Waals surface area (Å²) in [6.07, 6.45) is 1.08. The highest BCUT2D eigenvalue weighted by Gasteiger charge is 2.26. The highest BCUT2D eigenvalue weighted by atomic mass is 16.5. The second kappa shape index (κ2) is 10.2. The number of nitrogens with zero attached hydrogens (tertiary/aromatic N) is 3. The molecule has 2 N–H and O–H groups in total. The minimum Gasteiger partial charge on any atom is -0.492 e. The van der Waals surface area contributed by atoms with Crippen LogP contribution in [0, 0.1) is 0 Å². The average molecular weight is 438 g/mol. The van der Waals surface area contributed by atoms with E-state index in [0.29, 0.717) is 24.6 Å². The smallest absolute Gasteiger partial charge is 0.319 e. The summed E-state index contributed by atoms with van der Waals surface area (Å²) in [4.78, 5) is 19.9. The predicted octanol–water partition coefficient (Wildman–Crippen LogP) is 3.19. The van der Waals surface area contributed by atoms with Crippen LogP contribution in [0.15, 0.2) is 42.5 Å². The summed E-state index contributed by atoms with van der Waals surface area (Å²) in [5.41, 5.74) is 4.69. The predicted molar refractivity (Wildman–Crippen MR) is 130 cm³/mol. The van der Waals surface area contributed by atoms with Gasteiger partial charge in [0, 0.05) is 52.0 Å². The molecule has 2 aliphatic heterocycles. The third kappa shape index (κ3) is 5.16. The Morgan fingerprint density at radius 1 is 1.06 bits per heavy atom. The molecule has 0 saturated carbocycles. The fourth-order valence-electron chi connectivity index (χ4n) is 4.59. The van der Waals surface area contributed by atoms with Crippen molar-refractivity contribution in [1.29, 1.82) is 0 Å². The highest BCUT2D eigenvalue weighted by Crippen LogP contribution is 2.31. The van der Waals surface area contributed by atoms with Gasteiger partial charge < -0.3 is 25.2 Å². The maximum Gasteiger partial charge on any atom is 0.319 e. The summed E-state index contributed by atoms with van der Waals surface area (Å²) in [5, 5.41) is 6.06. The minimum absolute atomic E-state index is 0.146. The summed E-state index contributed by atoms with van der Waals surface area (Å²) in [5.74, 6) is 0.684. The van der Waals surface area contributed by atoms with E-state index in [2.05, 4.69) is 57.6 Å². The van der Waals surface area contributed by atoms with Gasteiger partial charge in [0.15, 0.2) is 0 Å². The number of ether oxygens (including phenoxy) is 1. The van der Waals surface area contributed by atoms with Crippen molar-refractivity contribution in [3.05, 3.63) is 53.6 Å². The van der Waals surface area contributed by atoms with Crippen LogP contribution in [0.3, 0.4) is 0 Å². The molecule has 0 aliphatic carbocycles. The topological polar surface area (TPSA) is 60.1 Å². The Labute approximate surface area is 191 Å². The first-order valence-electron chi connectivity index (χ1n) is 11.6. The lowest BCUT2D eigenvalue weighted by Crippen LogP contribution is -2.48. The van der Waals surface area contributed by atoms with E-state index in [1.807, 2.05) is 31.2 Å². The zero-order chi connectivity index (χ0) is 22.5. The molecule has 1 atom stereocenters. The lowest BCUT2D eigenvalue weighted by molar-refractivity contribution is 0.111. The molecule has 172 valence electrons. The summed E-state index contributed by atoms with van der Waals surface area (Å²) in [6, 6.07) is 14.3. The van der Waals surface area contributed by atoms with Gasteiger partial charge in [-0.05, 0) is 49.7 Å². The summed E-state index contributed by atoms with van der Waals surface area (Å²) in [6.45, 7) is 8.18. The summed E-state index contributed by atoms with van der Waals surface area (Å²) >= 11 is 0. The molecule has 0 spiro atoms. The van der Waals surface area contributed by atoms with Gasteiger partial charge in [-0.2, -0.15) is 0 Å². The zero-order valence-electron chi connectivity index (χ0n) is 19.4. The maximum atomic E-state index is 12.8. The number of rotatable bonds is 7. The quantitative estimate of drug-likeness (QED) is 0.697. The lowest BCUT2D eigenvalue weighted by Gasteiger charge is -2.38. The van der Waals surface area contributed by atoms with Crippen molar-refractivity contribution >= 4 is 17.4 Å². The van der Waals surface area contributed by atoms with Gasteiger partial charge in [0.1, 0.15) is 5.75 Å². The normalized spacial score (nSPS) is 17.7. The van der Waals surface area contributed by atoms with Gasteiger partial charge in [-0.15, -0.1) is 0 Å². The molecule has 2 aliphatic rings. The minimum atomic E-state index is -0.211. The molecule has 0 aromatic heterocycles. The number of benzene rings is 2. The van der Waals surface area contributed by atoms with E-state index in [-0.39, 0.29) is 12.1 Å². The van der Waals surface area contributed by atoms with Gasteiger partial charge in [-0.3, -0.25) is 4.90 Å². The Morgan fingerprint density at radius 3 is 2.62 bits per heavy atom. The van der Waals surface area contributed by atoms with Gasteiger partial charge in [0.05, 0.1) is 18.3 Å². The molecule has 2 aromatic carbocycles. The summed E-state index contributed by atoms with van der Waals surface area (Å²) in [7, 11) is 4.31. The molecular formula is C25H35N5O2. The molecule has 2 heterocycles. The van der Waals surface area contributed by atoms with Gasteiger partial charge in [-0.1, -0.05) is 24.3 Å². The molecule has 7 nitrogen and oxygen atoms in total. The average Bonchev–Trinajstić information content (AvgIpc) is 3.17. The van der Waals surface area contributed by atoms with E-state index in [4.69, 9.17) is 4.74 Å². The van der Waals surface area contributed by atoms with E-state index in [1.54, 1.807) is 0 Å². The number of carbonyl (C=O) groups is 1. The number of carbonyl (C=O) groups excluding carboxylic acids is 1. The second-order valence-corrected chi connectivity index (χ2v) is 8.68. The van der Waals surface area contributed by atoms with Crippen molar-refractivity contribution in [1.82, 2.24) is 15.1 Å². The van der Waals surface area contributed by atoms with E-state index >= 15 is 0 Å². The highest BCUT2D eigenvalue weighted by molar-refractivity contribution is 5.90. The molecule has 1 unspecified atom stereocenters. The van der Waals surface area contributed by atoms with E-state index in [1.165, 1.54) is 16.8 Å². The fraction of sp³-hybridized carbons (Fsp3) is 0.480. The van der Waals surface area contributed by atoms with Crippen LogP contribution in [0.4, 0.5) is 16.2 Å². The number of hydrogen-bond donors (Lipinski definition) is 2. The molecule has 1 fully saturated rings. The summed E-state index contributed by atoms with van der Waals surface area (Å²) < 4.78 is 5.63. The van der Waals surface area contributed by atoms with Crippen molar-refractivity contribution in [2.45, 2.75) is 19.4 Å². The molecule has 1 saturated heterocycles. The Balaban J connectivity index is 1.47. The molecule has 2 aromatic rings.